The first kappa shape index (κ1) is 16.0. The second kappa shape index (κ2) is 6.91. The van der Waals surface area contributed by atoms with E-state index in [1.54, 1.807) is 6.92 Å². The third kappa shape index (κ3) is 6.07. The Balaban J connectivity index is 2.38. The minimum Gasteiger partial charge on any atom is -0.393 e. The molecule has 108 valence electrons. The molecule has 5 heteroatoms. The van der Waals surface area contributed by atoms with Crippen molar-refractivity contribution in [3.8, 4) is 0 Å². The summed E-state index contributed by atoms with van der Waals surface area (Å²) >= 11 is 0. The fourth-order valence-electron chi connectivity index (χ4n) is 1.94. The fraction of sp³-hybridized carbons (Fsp3) is 0.571. The number of nitrogens with one attached hydrogen (secondary N) is 1. The van der Waals surface area contributed by atoms with Gasteiger partial charge < -0.3 is 10.4 Å². The minimum absolute atomic E-state index is 0.328. The maximum absolute atomic E-state index is 12.4. The summed E-state index contributed by atoms with van der Waals surface area (Å²) in [6.07, 6.45) is -3.90. The summed E-state index contributed by atoms with van der Waals surface area (Å²) in [7, 11) is 0. The van der Waals surface area contributed by atoms with E-state index in [-0.39, 0.29) is 6.10 Å². The third-order valence-electron chi connectivity index (χ3n) is 2.85. The van der Waals surface area contributed by atoms with Crippen molar-refractivity contribution in [1.82, 2.24) is 5.32 Å². The summed E-state index contributed by atoms with van der Waals surface area (Å²) in [4.78, 5) is 0. The number of aliphatic hydroxyl groups is 1. The minimum atomic E-state index is -4.28. The summed E-state index contributed by atoms with van der Waals surface area (Å²) in [6.45, 7) is 5.02. The van der Waals surface area contributed by atoms with Crippen molar-refractivity contribution in [2.24, 2.45) is 5.92 Å². The normalized spacial score (nSPS) is 15.3. The number of rotatable bonds is 6. The molecule has 0 radical (unpaired) electrons. The van der Waals surface area contributed by atoms with Crippen LogP contribution in [0.5, 0.6) is 0 Å². The van der Waals surface area contributed by atoms with Crippen molar-refractivity contribution in [2.75, 3.05) is 6.54 Å². The van der Waals surface area contributed by atoms with Crippen LogP contribution < -0.4 is 5.32 Å². The molecule has 0 aliphatic rings. The first-order valence-electron chi connectivity index (χ1n) is 6.34. The van der Waals surface area contributed by atoms with Crippen molar-refractivity contribution >= 4 is 0 Å². The van der Waals surface area contributed by atoms with Gasteiger partial charge in [0.05, 0.1) is 11.7 Å². The Kier molecular flexibility index (Phi) is 5.82. The zero-order valence-electron chi connectivity index (χ0n) is 11.2. The van der Waals surface area contributed by atoms with Crippen LogP contribution in [-0.4, -0.2) is 17.8 Å². The molecule has 0 saturated carbocycles. The highest BCUT2D eigenvalue weighted by molar-refractivity contribution is 5.24. The van der Waals surface area contributed by atoms with E-state index in [1.807, 2.05) is 6.92 Å². The predicted octanol–water partition coefficient (Wildman–Crippen LogP) is 3.20. The topological polar surface area (TPSA) is 32.3 Å². The molecule has 0 aliphatic heterocycles. The second-order valence-corrected chi connectivity index (χ2v) is 5.02. The molecular formula is C14H20F3NO. The lowest BCUT2D eigenvalue weighted by Gasteiger charge is -2.14. The average Bonchev–Trinajstić information content (AvgIpc) is 2.27. The largest absolute Gasteiger partial charge is 0.416 e. The molecule has 19 heavy (non-hydrogen) atoms. The second-order valence-electron chi connectivity index (χ2n) is 5.02. The van der Waals surface area contributed by atoms with Crippen LogP contribution in [0.15, 0.2) is 24.3 Å². The van der Waals surface area contributed by atoms with E-state index in [1.165, 1.54) is 12.1 Å². The number of hydrogen-bond donors (Lipinski definition) is 2. The molecule has 2 N–H and O–H groups in total. The predicted molar refractivity (Wildman–Crippen MR) is 68.6 cm³/mol. The van der Waals surface area contributed by atoms with E-state index >= 15 is 0 Å². The maximum atomic E-state index is 12.4. The molecule has 0 heterocycles. The molecule has 0 spiro atoms. The first-order valence-corrected chi connectivity index (χ1v) is 6.34. The monoisotopic (exact) mass is 275 g/mol. The van der Waals surface area contributed by atoms with Crippen LogP contribution >= 0.6 is 0 Å². The lowest BCUT2D eigenvalue weighted by molar-refractivity contribution is -0.137. The quantitative estimate of drug-likeness (QED) is 0.835. The maximum Gasteiger partial charge on any atom is 0.416 e. The van der Waals surface area contributed by atoms with Crippen LogP contribution in [0.4, 0.5) is 13.2 Å². The molecule has 2 nitrogen and oxygen atoms in total. The molecule has 1 rings (SSSR count). The van der Waals surface area contributed by atoms with Crippen LogP contribution in [-0.2, 0) is 12.7 Å². The third-order valence-corrected chi connectivity index (χ3v) is 2.85. The molecule has 0 amide bonds. The Morgan fingerprint density at radius 3 is 2.21 bits per heavy atom. The molecule has 1 aromatic rings. The van der Waals surface area contributed by atoms with Gasteiger partial charge in [-0.25, -0.2) is 0 Å². The van der Waals surface area contributed by atoms with Gasteiger partial charge in [0.25, 0.3) is 0 Å². The zero-order valence-corrected chi connectivity index (χ0v) is 11.2. The van der Waals surface area contributed by atoms with Crippen molar-refractivity contribution in [2.45, 2.75) is 39.1 Å². The highest BCUT2D eigenvalue weighted by Crippen LogP contribution is 2.29. The molecule has 1 aromatic carbocycles. The van der Waals surface area contributed by atoms with Gasteiger partial charge in [0.2, 0.25) is 0 Å². The zero-order chi connectivity index (χ0) is 14.5. The SMILES string of the molecule is CC(O)CC(C)CNCc1ccc(C(F)(F)F)cc1. The highest BCUT2D eigenvalue weighted by Gasteiger charge is 2.29. The summed E-state index contributed by atoms with van der Waals surface area (Å²) in [5, 5.41) is 12.4. The van der Waals surface area contributed by atoms with Gasteiger partial charge in [-0.3, -0.25) is 0 Å². The number of benzene rings is 1. The Hall–Kier alpha value is -1.07. The van der Waals surface area contributed by atoms with Crippen molar-refractivity contribution in [1.29, 1.82) is 0 Å². The number of alkyl halides is 3. The van der Waals surface area contributed by atoms with Gasteiger partial charge in [0.15, 0.2) is 0 Å². The number of aliphatic hydroxyl groups excluding tert-OH is 1. The standard InChI is InChI=1S/C14H20F3NO/c1-10(7-11(2)19)8-18-9-12-3-5-13(6-4-12)14(15,16)17/h3-6,10-11,18-19H,7-9H2,1-2H3. The van der Waals surface area contributed by atoms with E-state index in [0.29, 0.717) is 18.9 Å². The van der Waals surface area contributed by atoms with Gasteiger partial charge in [0, 0.05) is 6.54 Å². The lowest BCUT2D eigenvalue weighted by atomic mass is 10.0. The highest BCUT2D eigenvalue weighted by atomic mass is 19.4. The number of halogens is 3. The van der Waals surface area contributed by atoms with Crippen molar-refractivity contribution in [3.63, 3.8) is 0 Å². The smallest absolute Gasteiger partial charge is 0.393 e. The van der Waals surface area contributed by atoms with Crippen LogP contribution in [0.25, 0.3) is 0 Å². The van der Waals surface area contributed by atoms with E-state index in [9.17, 15) is 18.3 Å². The summed E-state index contributed by atoms with van der Waals surface area (Å²) in [6, 6.07) is 5.15. The molecule has 0 aliphatic carbocycles. The van der Waals surface area contributed by atoms with Gasteiger partial charge >= 0.3 is 6.18 Å². The lowest BCUT2D eigenvalue weighted by Crippen LogP contribution is -2.23. The summed E-state index contributed by atoms with van der Waals surface area (Å²) in [5.41, 5.74) is 0.191. The van der Waals surface area contributed by atoms with Crippen molar-refractivity contribution < 1.29 is 18.3 Å². The summed E-state index contributed by atoms with van der Waals surface area (Å²) in [5.74, 6) is 0.328. The Labute approximate surface area is 111 Å². The van der Waals surface area contributed by atoms with Crippen LogP contribution in [0.2, 0.25) is 0 Å². The van der Waals surface area contributed by atoms with E-state index in [2.05, 4.69) is 5.32 Å². The Morgan fingerprint density at radius 2 is 1.74 bits per heavy atom. The fourth-order valence-corrected chi connectivity index (χ4v) is 1.94. The Morgan fingerprint density at radius 1 is 1.16 bits per heavy atom. The van der Waals surface area contributed by atoms with E-state index in [4.69, 9.17) is 0 Å². The summed E-state index contributed by atoms with van der Waals surface area (Å²) < 4.78 is 37.1. The molecule has 0 aromatic heterocycles. The van der Waals surface area contributed by atoms with Crippen LogP contribution in [0, 0.1) is 5.92 Å². The molecular weight excluding hydrogens is 255 g/mol. The molecule has 0 saturated heterocycles. The van der Waals surface area contributed by atoms with E-state index in [0.717, 1.165) is 24.2 Å². The molecule has 0 bridgehead atoms. The van der Waals surface area contributed by atoms with Gasteiger partial charge in [0.1, 0.15) is 0 Å². The number of hydrogen-bond acceptors (Lipinski definition) is 2. The average molecular weight is 275 g/mol. The Bertz CT molecular complexity index is 373. The van der Waals surface area contributed by atoms with Gasteiger partial charge in [-0.1, -0.05) is 19.1 Å². The first-order chi connectivity index (χ1) is 8.79. The van der Waals surface area contributed by atoms with Crippen LogP contribution in [0.3, 0.4) is 0 Å². The van der Waals surface area contributed by atoms with Gasteiger partial charge in [-0.05, 0) is 43.5 Å². The molecule has 2 unspecified atom stereocenters. The van der Waals surface area contributed by atoms with Gasteiger partial charge in [-0.2, -0.15) is 13.2 Å². The van der Waals surface area contributed by atoms with Gasteiger partial charge in [-0.15, -0.1) is 0 Å². The van der Waals surface area contributed by atoms with E-state index < -0.39 is 11.7 Å². The molecule has 0 fully saturated rings. The van der Waals surface area contributed by atoms with Crippen LogP contribution in [0.1, 0.15) is 31.4 Å². The van der Waals surface area contributed by atoms with Crippen molar-refractivity contribution in [3.05, 3.63) is 35.4 Å². The molecule has 2 atom stereocenters.